The molecule has 1 heterocycles. The topological polar surface area (TPSA) is 87.1 Å². The molecule has 1 atom stereocenters. The first-order valence-electron chi connectivity index (χ1n) is 5.49. The lowest BCUT2D eigenvalue weighted by Gasteiger charge is -2.20. The second-order valence-corrected chi connectivity index (χ2v) is 4.13. The van der Waals surface area contributed by atoms with E-state index in [0.717, 1.165) is 5.56 Å². The van der Waals surface area contributed by atoms with Crippen molar-refractivity contribution in [3.8, 4) is 5.75 Å². The van der Waals surface area contributed by atoms with Gasteiger partial charge in [0.25, 0.3) is 0 Å². The molecule has 1 saturated heterocycles. The molecule has 1 amide bonds. The monoisotopic (exact) mass is 251 g/mol. The Kier molecular flexibility index (Phi) is 3.36. The van der Waals surface area contributed by atoms with E-state index in [1.165, 1.54) is 17.0 Å². The number of hydrogen-bond donors (Lipinski definition) is 2. The highest BCUT2D eigenvalue weighted by Gasteiger charge is 2.34. The first kappa shape index (κ1) is 12.2. The normalized spacial score (nSPS) is 18.8. The molecule has 0 bridgehead atoms. The van der Waals surface area contributed by atoms with Crippen LogP contribution in [-0.2, 0) is 16.1 Å². The fraction of sp³-hybridized carbons (Fsp3) is 0.333. The highest BCUT2D eigenvalue weighted by molar-refractivity contribution is 5.73. The number of aromatic hydroxyl groups is 1. The molecule has 1 fully saturated rings. The summed E-state index contributed by atoms with van der Waals surface area (Å²) in [6.07, 6.45) is -0.672. The lowest BCUT2D eigenvalue weighted by atomic mass is 10.1. The van der Waals surface area contributed by atoms with Crippen molar-refractivity contribution in [2.75, 3.05) is 6.61 Å². The molecule has 1 unspecified atom stereocenters. The summed E-state index contributed by atoms with van der Waals surface area (Å²) in [5, 5.41) is 18.1. The zero-order chi connectivity index (χ0) is 13.1. The summed E-state index contributed by atoms with van der Waals surface area (Å²) in [4.78, 5) is 23.5. The van der Waals surface area contributed by atoms with Gasteiger partial charge in [-0.3, -0.25) is 9.69 Å². The first-order chi connectivity index (χ1) is 8.56. The summed E-state index contributed by atoms with van der Waals surface area (Å²) >= 11 is 0. The van der Waals surface area contributed by atoms with Gasteiger partial charge in [-0.25, -0.2) is 4.79 Å². The maximum Gasteiger partial charge on any atom is 0.410 e. The minimum Gasteiger partial charge on any atom is -0.508 e. The number of carbonyl (C=O) groups is 2. The molecule has 1 aromatic rings. The van der Waals surface area contributed by atoms with Crippen LogP contribution in [0, 0.1) is 0 Å². The molecule has 0 spiro atoms. The molecule has 0 aliphatic carbocycles. The van der Waals surface area contributed by atoms with Gasteiger partial charge in [-0.2, -0.15) is 0 Å². The Bertz CT molecular complexity index is 473. The highest BCUT2D eigenvalue weighted by atomic mass is 16.6. The van der Waals surface area contributed by atoms with Crippen LogP contribution < -0.4 is 0 Å². The van der Waals surface area contributed by atoms with Crippen LogP contribution in [0.1, 0.15) is 12.0 Å². The molecule has 2 rings (SSSR count). The molecule has 18 heavy (non-hydrogen) atoms. The van der Waals surface area contributed by atoms with E-state index in [0.29, 0.717) is 0 Å². The third kappa shape index (κ3) is 2.71. The Morgan fingerprint density at radius 1 is 1.50 bits per heavy atom. The van der Waals surface area contributed by atoms with Crippen molar-refractivity contribution < 1.29 is 24.5 Å². The molecule has 6 nitrogen and oxygen atoms in total. The lowest BCUT2D eigenvalue weighted by molar-refractivity contribution is -0.138. The van der Waals surface area contributed by atoms with E-state index >= 15 is 0 Å². The van der Waals surface area contributed by atoms with Crippen LogP contribution >= 0.6 is 0 Å². The number of rotatable bonds is 4. The van der Waals surface area contributed by atoms with Gasteiger partial charge in [0.1, 0.15) is 12.4 Å². The van der Waals surface area contributed by atoms with Crippen molar-refractivity contribution >= 4 is 12.1 Å². The molecule has 0 saturated carbocycles. The average Bonchev–Trinajstić information content (AvgIpc) is 2.61. The van der Waals surface area contributed by atoms with Crippen LogP contribution in [0.25, 0.3) is 0 Å². The second kappa shape index (κ2) is 4.95. The number of nitrogens with zero attached hydrogens (tertiary/aromatic N) is 1. The van der Waals surface area contributed by atoms with Gasteiger partial charge in [0.2, 0.25) is 0 Å². The fourth-order valence-corrected chi connectivity index (χ4v) is 1.91. The SMILES string of the molecule is O=C(O)CC1COC(=O)N1Cc1cccc(O)c1. The molecular weight excluding hydrogens is 238 g/mol. The number of benzene rings is 1. The van der Waals surface area contributed by atoms with E-state index in [2.05, 4.69) is 0 Å². The van der Waals surface area contributed by atoms with E-state index in [9.17, 15) is 14.7 Å². The van der Waals surface area contributed by atoms with E-state index < -0.39 is 18.1 Å². The van der Waals surface area contributed by atoms with Crippen LogP contribution in [0.4, 0.5) is 4.79 Å². The fourth-order valence-electron chi connectivity index (χ4n) is 1.91. The lowest BCUT2D eigenvalue weighted by Crippen LogP contribution is -2.34. The summed E-state index contributed by atoms with van der Waals surface area (Å²) in [6, 6.07) is 6.02. The Balaban J connectivity index is 2.10. The number of cyclic esters (lactones) is 1. The maximum absolute atomic E-state index is 11.5. The summed E-state index contributed by atoms with van der Waals surface area (Å²) in [5.74, 6) is -0.867. The summed E-state index contributed by atoms with van der Waals surface area (Å²) < 4.78 is 4.84. The zero-order valence-corrected chi connectivity index (χ0v) is 9.57. The van der Waals surface area contributed by atoms with Gasteiger partial charge in [-0.05, 0) is 17.7 Å². The van der Waals surface area contributed by atoms with Crippen LogP contribution in [0.3, 0.4) is 0 Å². The Labute approximate surface area is 103 Å². The standard InChI is InChI=1S/C12H13NO5/c14-10-3-1-2-8(4-10)6-13-9(5-11(15)16)7-18-12(13)17/h1-4,9,14H,5-7H2,(H,15,16). The van der Waals surface area contributed by atoms with Crippen molar-refractivity contribution in [1.82, 2.24) is 4.90 Å². The van der Waals surface area contributed by atoms with Crippen molar-refractivity contribution in [1.29, 1.82) is 0 Å². The van der Waals surface area contributed by atoms with Crippen molar-refractivity contribution in [2.24, 2.45) is 0 Å². The maximum atomic E-state index is 11.5. The van der Waals surface area contributed by atoms with Crippen LogP contribution in [-0.4, -0.2) is 39.8 Å². The molecule has 0 radical (unpaired) electrons. The molecule has 0 aromatic heterocycles. The largest absolute Gasteiger partial charge is 0.508 e. The molecule has 2 N–H and O–H groups in total. The third-order valence-corrected chi connectivity index (χ3v) is 2.75. The van der Waals surface area contributed by atoms with Gasteiger partial charge in [0, 0.05) is 6.54 Å². The molecule has 1 aromatic carbocycles. The van der Waals surface area contributed by atoms with E-state index in [1.54, 1.807) is 12.1 Å². The predicted molar refractivity (Wildman–Crippen MR) is 61.0 cm³/mol. The van der Waals surface area contributed by atoms with Gasteiger partial charge in [0.15, 0.2) is 0 Å². The van der Waals surface area contributed by atoms with Gasteiger partial charge in [-0.15, -0.1) is 0 Å². The number of carboxylic acids is 1. The number of carbonyl (C=O) groups excluding carboxylic acids is 1. The van der Waals surface area contributed by atoms with Gasteiger partial charge >= 0.3 is 12.1 Å². The van der Waals surface area contributed by atoms with E-state index in [1.807, 2.05) is 0 Å². The second-order valence-electron chi connectivity index (χ2n) is 4.13. The predicted octanol–water partition coefficient (Wildman–Crippen LogP) is 1.19. The molecule has 96 valence electrons. The number of phenols is 1. The molecule has 1 aliphatic heterocycles. The number of phenolic OH excluding ortho intramolecular Hbond substituents is 1. The van der Waals surface area contributed by atoms with Crippen LogP contribution in [0.2, 0.25) is 0 Å². The van der Waals surface area contributed by atoms with Gasteiger partial charge < -0.3 is 14.9 Å². The van der Waals surface area contributed by atoms with Crippen molar-refractivity contribution in [3.63, 3.8) is 0 Å². The quantitative estimate of drug-likeness (QED) is 0.839. The number of aliphatic carboxylic acids is 1. The smallest absolute Gasteiger partial charge is 0.410 e. The Morgan fingerprint density at radius 2 is 2.28 bits per heavy atom. The molecule has 6 heteroatoms. The van der Waals surface area contributed by atoms with Crippen molar-refractivity contribution in [3.05, 3.63) is 29.8 Å². The summed E-state index contributed by atoms with van der Waals surface area (Å²) in [6.45, 7) is 0.315. The first-order valence-corrected chi connectivity index (χ1v) is 5.49. The van der Waals surface area contributed by atoms with E-state index in [4.69, 9.17) is 9.84 Å². The summed E-state index contributed by atoms with van der Waals surface area (Å²) in [7, 11) is 0. The van der Waals surface area contributed by atoms with Crippen LogP contribution in [0.15, 0.2) is 24.3 Å². The third-order valence-electron chi connectivity index (χ3n) is 2.75. The number of hydrogen-bond acceptors (Lipinski definition) is 4. The minimum absolute atomic E-state index is 0.0873. The minimum atomic E-state index is -0.973. The zero-order valence-electron chi connectivity index (χ0n) is 9.57. The molecule has 1 aliphatic rings. The van der Waals surface area contributed by atoms with E-state index in [-0.39, 0.29) is 25.3 Å². The molecular formula is C12H13NO5. The Morgan fingerprint density at radius 3 is 2.94 bits per heavy atom. The van der Waals surface area contributed by atoms with Gasteiger partial charge in [-0.1, -0.05) is 12.1 Å². The Hall–Kier alpha value is -2.24. The number of amides is 1. The van der Waals surface area contributed by atoms with Gasteiger partial charge in [0.05, 0.1) is 12.5 Å². The number of carboxylic acid groups (broad SMARTS) is 1. The van der Waals surface area contributed by atoms with Crippen molar-refractivity contribution in [2.45, 2.75) is 19.0 Å². The average molecular weight is 251 g/mol. The highest BCUT2D eigenvalue weighted by Crippen LogP contribution is 2.20. The summed E-state index contributed by atoms with van der Waals surface area (Å²) in [5.41, 5.74) is 0.726. The van der Waals surface area contributed by atoms with Crippen LogP contribution in [0.5, 0.6) is 5.75 Å². The number of ether oxygens (including phenoxy) is 1.